The van der Waals surface area contributed by atoms with E-state index in [1.165, 1.54) is 15.3 Å². The Labute approximate surface area is 118 Å². The lowest BCUT2D eigenvalue weighted by Gasteiger charge is -2.15. The molecule has 0 saturated heterocycles. The number of anilines is 1. The second-order valence-corrected chi connectivity index (χ2v) is 5.56. The summed E-state index contributed by atoms with van der Waals surface area (Å²) in [6.07, 6.45) is 3.59. The highest BCUT2D eigenvalue weighted by Gasteiger charge is 2.16. The number of nitriles is 1. The zero-order valence-electron chi connectivity index (χ0n) is 12.3. The molecule has 0 aliphatic carbocycles. The van der Waals surface area contributed by atoms with Crippen LogP contribution in [0.15, 0.2) is 15.8 Å². The fourth-order valence-corrected chi connectivity index (χ4v) is 1.99. The molecular weight excluding hydrogens is 256 g/mol. The molecule has 110 valence electrons. The van der Waals surface area contributed by atoms with E-state index in [9.17, 15) is 9.59 Å². The number of aromatic nitrogens is 2. The number of unbranched alkanes of at least 4 members (excludes halogenated alkanes) is 1. The summed E-state index contributed by atoms with van der Waals surface area (Å²) in [7, 11) is 0. The molecule has 2 N–H and O–H groups in total. The Morgan fingerprint density at radius 2 is 2.00 bits per heavy atom. The van der Waals surface area contributed by atoms with E-state index >= 15 is 0 Å². The first-order valence-corrected chi connectivity index (χ1v) is 6.83. The maximum absolute atomic E-state index is 12.0. The molecule has 0 aliphatic rings. The van der Waals surface area contributed by atoms with Gasteiger partial charge in [0.2, 0.25) is 0 Å². The molecule has 1 aromatic heterocycles. The Morgan fingerprint density at radius 3 is 2.55 bits per heavy atom. The zero-order valence-corrected chi connectivity index (χ0v) is 12.3. The zero-order chi connectivity index (χ0) is 15.3. The van der Waals surface area contributed by atoms with Crippen molar-refractivity contribution in [1.29, 1.82) is 5.26 Å². The van der Waals surface area contributed by atoms with Crippen LogP contribution in [0.4, 0.5) is 5.69 Å². The number of hydrogen-bond donors (Lipinski definition) is 1. The number of rotatable bonds is 6. The summed E-state index contributed by atoms with van der Waals surface area (Å²) >= 11 is 0. The van der Waals surface area contributed by atoms with E-state index in [1.54, 1.807) is 0 Å². The average Bonchev–Trinajstić information content (AvgIpc) is 2.42. The van der Waals surface area contributed by atoms with E-state index in [1.807, 2.05) is 20.8 Å². The van der Waals surface area contributed by atoms with Crippen molar-refractivity contribution in [3.05, 3.63) is 27.0 Å². The Kier molecular flexibility index (Phi) is 5.14. The maximum Gasteiger partial charge on any atom is 0.331 e. The first-order chi connectivity index (χ1) is 9.32. The van der Waals surface area contributed by atoms with Crippen LogP contribution in [-0.2, 0) is 13.1 Å². The number of aryl methyl sites for hydroxylation is 1. The molecule has 0 unspecified atom stereocenters. The standard InChI is InChI=1S/C14H22N4O2/c1-4-17-9-11(16)12(19)18(13(17)20)8-6-5-7-14(2,3)10-15/h9H,4-8,16H2,1-3H3. The lowest BCUT2D eigenvalue weighted by atomic mass is 9.89. The van der Waals surface area contributed by atoms with Crippen LogP contribution < -0.4 is 17.0 Å². The van der Waals surface area contributed by atoms with Crippen molar-refractivity contribution in [2.24, 2.45) is 5.41 Å². The van der Waals surface area contributed by atoms with E-state index in [0.717, 1.165) is 12.8 Å². The molecule has 1 heterocycles. The highest BCUT2D eigenvalue weighted by atomic mass is 16.2. The van der Waals surface area contributed by atoms with Crippen LogP contribution >= 0.6 is 0 Å². The maximum atomic E-state index is 12.0. The van der Waals surface area contributed by atoms with Crippen molar-refractivity contribution in [3.63, 3.8) is 0 Å². The van der Waals surface area contributed by atoms with Crippen LogP contribution in [0.3, 0.4) is 0 Å². The molecule has 0 aliphatic heterocycles. The Bertz CT molecular complexity index is 620. The molecule has 20 heavy (non-hydrogen) atoms. The summed E-state index contributed by atoms with van der Waals surface area (Å²) in [4.78, 5) is 23.9. The Morgan fingerprint density at radius 1 is 1.35 bits per heavy atom. The van der Waals surface area contributed by atoms with Gasteiger partial charge in [-0.05, 0) is 33.6 Å². The summed E-state index contributed by atoms with van der Waals surface area (Å²) in [5.41, 5.74) is 4.58. The van der Waals surface area contributed by atoms with Gasteiger partial charge in [0.05, 0.1) is 11.5 Å². The molecule has 0 saturated carbocycles. The predicted octanol–water partition coefficient (Wildman–Crippen LogP) is 1.33. The second kappa shape index (κ2) is 6.42. The van der Waals surface area contributed by atoms with Gasteiger partial charge in [-0.1, -0.05) is 6.42 Å². The molecule has 1 rings (SSSR count). The molecule has 0 spiro atoms. The normalized spacial score (nSPS) is 11.3. The largest absolute Gasteiger partial charge is 0.393 e. The average molecular weight is 278 g/mol. The van der Waals surface area contributed by atoms with Crippen molar-refractivity contribution in [2.45, 2.75) is 53.1 Å². The van der Waals surface area contributed by atoms with Gasteiger partial charge in [-0.25, -0.2) is 4.79 Å². The minimum atomic E-state index is -0.431. The van der Waals surface area contributed by atoms with Crippen LogP contribution in [0.1, 0.15) is 40.0 Å². The van der Waals surface area contributed by atoms with Crippen LogP contribution in [0.25, 0.3) is 0 Å². The van der Waals surface area contributed by atoms with E-state index in [2.05, 4.69) is 6.07 Å². The fraction of sp³-hybridized carbons (Fsp3) is 0.643. The second-order valence-electron chi connectivity index (χ2n) is 5.56. The van der Waals surface area contributed by atoms with Crippen molar-refractivity contribution < 1.29 is 0 Å². The molecule has 6 heteroatoms. The quantitative estimate of drug-likeness (QED) is 0.794. The third-order valence-corrected chi connectivity index (χ3v) is 3.34. The summed E-state index contributed by atoms with van der Waals surface area (Å²) in [6.45, 7) is 6.40. The molecule has 1 aromatic rings. The Balaban J connectivity index is 2.80. The van der Waals surface area contributed by atoms with Crippen LogP contribution in [0, 0.1) is 16.7 Å². The highest BCUT2D eigenvalue weighted by Crippen LogP contribution is 2.21. The van der Waals surface area contributed by atoms with Crippen molar-refractivity contribution >= 4 is 5.69 Å². The number of nitrogen functional groups attached to an aromatic ring is 1. The summed E-state index contributed by atoms with van der Waals surface area (Å²) in [6, 6.07) is 2.24. The first-order valence-electron chi connectivity index (χ1n) is 6.83. The first kappa shape index (κ1) is 16.0. The molecule has 0 amide bonds. The van der Waals surface area contributed by atoms with Gasteiger partial charge in [-0.15, -0.1) is 0 Å². The molecule has 6 nitrogen and oxygen atoms in total. The molecule has 0 atom stereocenters. The topological polar surface area (TPSA) is 93.8 Å². The molecular formula is C14H22N4O2. The number of hydrogen-bond acceptors (Lipinski definition) is 4. The van der Waals surface area contributed by atoms with Crippen LogP contribution in [0.2, 0.25) is 0 Å². The van der Waals surface area contributed by atoms with Crippen molar-refractivity contribution in [3.8, 4) is 6.07 Å². The van der Waals surface area contributed by atoms with Gasteiger partial charge < -0.3 is 5.73 Å². The summed E-state index contributed by atoms with van der Waals surface area (Å²) in [5, 5.41) is 8.93. The van der Waals surface area contributed by atoms with Gasteiger partial charge in [0.15, 0.2) is 0 Å². The third-order valence-electron chi connectivity index (χ3n) is 3.34. The summed E-state index contributed by atoms with van der Waals surface area (Å²) in [5.74, 6) is 0. The molecule has 0 fully saturated rings. The van der Waals surface area contributed by atoms with Crippen LogP contribution in [0.5, 0.6) is 0 Å². The predicted molar refractivity (Wildman–Crippen MR) is 78.3 cm³/mol. The third kappa shape index (κ3) is 3.73. The lowest BCUT2D eigenvalue weighted by Crippen LogP contribution is -2.40. The van der Waals surface area contributed by atoms with E-state index < -0.39 is 5.56 Å². The van der Waals surface area contributed by atoms with Gasteiger partial charge >= 0.3 is 5.69 Å². The fourth-order valence-electron chi connectivity index (χ4n) is 1.99. The van der Waals surface area contributed by atoms with Gasteiger partial charge in [0, 0.05) is 19.3 Å². The number of nitrogens with zero attached hydrogens (tertiary/aromatic N) is 3. The minimum Gasteiger partial charge on any atom is -0.393 e. The SMILES string of the molecule is CCn1cc(N)c(=O)n(CCCCC(C)(C)C#N)c1=O. The van der Waals surface area contributed by atoms with Gasteiger partial charge in [0.25, 0.3) is 5.56 Å². The molecule has 0 aromatic carbocycles. The minimum absolute atomic E-state index is 0.0869. The van der Waals surface area contributed by atoms with E-state index in [4.69, 9.17) is 11.0 Å². The van der Waals surface area contributed by atoms with Crippen LogP contribution in [-0.4, -0.2) is 9.13 Å². The van der Waals surface area contributed by atoms with Gasteiger partial charge in [0.1, 0.15) is 5.69 Å². The Hall–Kier alpha value is -2.03. The van der Waals surface area contributed by atoms with Gasteiger partial charge in [-0.2, -0.15) is 5.26 Å². The van der Waals surface area contributed by atoms with E-state index in [0.29, 0.717) is 19.5 Å². The monoisotopic (exact) mass is 278 g/mol. The summed E-state index contributed by atoms with van der Waals surface area (Å²) < 4.78 is 2.61. The smallest absolute Gasteiger partial charge is 0.331 e. The lowest BCUT2D eigenvalue weighted by molar-refractivity contribution is 0.411. The van der Waals surface area contributed by atoms with Gasteiger partial charge in [-0.3, -0.25) is 13.9 Å². The van der Waals surface area contributed by atoms with E-state index in [-0.39, 0.29) is 16.8 Å². The molecule has 0 bridgehead atoms. The molecule has 0 radical (unpaired) electrons. The van der Waals surface area contributed by atoms with Crippen molar-refractivity contribution in [2.75, 3.05) is 5.73 Å². The highest BCUT2D eigenvalue weighted by molar-refractivity contribution is 5.30. The van der Waals surface area contributed by atoms with Crippen molar-refractivity contribution in [1.82, 2.24) is 9.13 Å². The number of nitrogens with two attached hydrogens (primary N) is 1.